The van der Waals surface area contributed by atoms with Gasteiger partial charge in [-0.25, -0.2) is 9.97 Å². The van der Waals surface area contributed by atoms with Crippen molar-refractivity contribution in [2.45, 2.75) is 19.3 Å². The topological polar surface area (TPSA) is 38.9 Å². The van der Waals surface area contributed by atoms with Crippen LogP contribution in [0.4, 0.5) is 0 Å². The van der Waals surface area contributed by atoms with E-state index in [0.29, 0.717) is 5.82 Å². The van der Waals surface area contributed by atoms with E-state index in [1.165, 1.54) is 33.4 Å². The first-order valence-corrected chi connectivity index (χ1v) is 17.2. The predicted molar refractivity (Wildman–Crippen MR) is 206 cm³/mol. The van der Waals surface area contributed by atoms with Crippen LogP contribution in [0.2, 0.25) is 0 Å². The van der Waals surface area contributed by atoms with Crippen LogP contribution in [0.1, 0.15) is 25.0 Å². The van der Waals surface area contributed by atoms with Gasteiger partial charge in [-0.1, -0.05) is 141 Å². The summed E-state index contributed by atoms with van der Waals surface area (Å²) in [5.74, 6) is 0.679. The third-order valence-electron chi connectivity index (χ3n) is 10.5. The highest BCUT2D eigenvalue weighted by Crippen LogP contribution is 2.52. The van der Waals surface area contributed by atoms with Crippen molar-refractivity contribution in [1.82, 2.24) is 9.97 Å². The SMILES string of the molecule is CC1(C)c2ccccc2-c2c(-c3ccc4nc(-c5cccc6oc7ccccc7c56)nc(-c5cccc(-c6ccccc6)c5)c4c3)cccc21. The van der Waals surface area contributed by atoms with Gasteiger partial charge in [0.2, 0.25) is 0 Å². The van der Waals surface area contributed by atoms with Crippen molar-refractivity contribution < 1.29 is 4.42 Å². The van der Waals surface area contributed by atoms with Crippen LogP contribution in [-0.4, -0.2) is 9.97 Å². The average molecular weight is 641 g/mol. The van der Waals surface area contributed by atoms with Crippen molar-refractivity contribution >= 4 is 32.8 Å². The van der Waals surface area contributed by atoms with E-state index in [1.54, 1.807) is 0 Å². The highest BCUT2D eigenvalue weighted by molar-refractivity contribution is 6.12. The summed E-state index contributed by atoms with van der Waals surface area (Å²) in [6, 6.07) is 55.9. The third kappa shape index (κ3) is 4.30. The molecular weight excluding hydrogens is 609 g/mol. The summed E-state index contributed by atoms with van der Waals surface area (Å²) in [6.07, 6.45) is 0. The van der Waals surface area contributed by atoms with Gasteiger partial charge in [-0.2, -0.15) is 0 Å². The van der Waals surface area contributed by atoms with Gasteiger partial charge in [0, 0.05) is 32.7 Å². The van der Waals surface area contributed by atoms with Gasteiger partial charge in [0.1, 0.15) is 11.2 Å². The molecule has 0 bridgehead atoms. The largest absolute Gasteiger partial charge is 0.456 e. The first-order chi connectivity index (χ1) is 24.5. The molecule has 0 N–H and O–H groups in total. The molecule has 0 spiro atoms. The van der Waals surface area contributed by atoms with Crippen LogP contribution in [0, 0.1) is 0 Å². The quantitative estimate of drug-likeness (QED) is 0.192. The molecule has 0 amide bonds. The summed E-state index contributed by atoms with van der Waals surface area (Å²) >= 11 is 0. The molecule has 0 fully saturated rings. The van der Waals surface area contributed by atoms with Crippen LogP contribution in [0.25, 0.3) is 88.9 Å². The number of rotatable bonds is 4. The maximum Gasteiger partial charge on any atom is 0.161 e. The minimum Gasteiger partial charge on any atom is -0.456 e. The van der Waals surface area contributed by atoms with E-state index in [2.05, 4.69) is 147 Å². The van der Waals surface area contributed by atoms with E-state index >= 15 is 0 Å². The minimum absolute atomic E-state index is 0.0713. The Kier molecular flexibility index (Phi) is 6.22. The lowest BCUT2D eigenvalue weighted by molar-refractivity contribution is 0.660. The molecule has 50 heavy (non-hydrogen) atoms. The Morgan fingerprint density at radius 1 is 0.460 bits per heavy atom. The lowest BCUT2D eigenvalue weighted by Crippen LogP contribution is -2.14. The molecule has 0 aliphatic heterocycles. The van der Waals surface area contributed by atoms with Gasteiger partial charge in [-0.3, -0.25) is 0 Å². The van der Waals surface area contributed by atoms with Crippen LogP contribution in [-0.2, 0) is 5.41 Å². The van der Waals surface area contributed by atoms with Gasteiger partial charge in [-0.05, 0) is 74.8 Å². The molecule has 0 unspecified atom stereocenters. The van der Waals surface area contributed by atoms with E-state index < -0.39 is 0 Å². The van der Waals surface area contributed by atoms with Crippen molar-refractivity contribution in [2.75, 3.05) is 0 Å². The molecule has 3 nitrogen and oxygen atoms in total. The molecule has 10 rings (SSSR count). The maximum atomic E-state index is 6.27. The standard InChI is InChI=1S/C47H32N2O/c1-47(2)38-21-8-6-17-34(38)43-33(19-11-22-39(43)47)31-25-26-40-37(28-31)45(32-16-10-15-30(27-32)29-13-4-3-5-14-29)49-46(48-40)36-20-12-24-42-44(36)35-18-7-9-23-41(35)50-42/h3-28H,1-2H3. The molecule has 236 valence electrons. The molecular formula is C47H32N2O. The van der Waals surface area contributed by atoms with Crippen molar-refractivity contribution in [3.63, 3.8) is 0 Å². The molecule has 1 aliphatic carbocycles. The van der Waals surface area contributed by atoms with E-state index in [9.17, 15) is 0 Å². The van der Waals surface area contributed by atoms with E-state index in [1.807, 2.05) is 24.3 Å². The second-order valence-corrected chi connectivity index (χ2v) is 13.8. The summed E-state index contributed by atoms with van der Waals surface area (Å²) in [7, 11) is 0. The number of aromatic nitrogens is 2. The van der Waals surface area contributed by atoms with Crippen molar-refractivity contribution in [1.29, 1.82) is 0 Å². The van der Waals surface area contributed by atoms with Crippen molar-refractivity contribution in [3.8, 4) is 56.0 Å². The fraction of sp³-hybridized carbons (Fsp3) is 0.0638. The number of hydrogen-bond acceptors (Lipinski definition) is 3. The fourth-order valence-electron chi connectivity index (χ4n) is 8.07. The number of fused-ring (bicyclic) bond motifs is 7. The van der Waals surface area contributed by atoms with E-state index in [-0.39, 0.29) is 5.41 Å². The lowest BCUT2D eigenvalue weighted by Gasteiger charge is -2.21. The summed E-state index contributed by atoms with van der Waals surface area (Å²) in [5.41, 5.74) is 15.5. The Morgan fingerprint density at radius 2 is 1.14 bits per heavy atom. The van der Waals surface area contributed by atoms with Crippen LogP contribution in [0.3, 0.4) is 0 Å². The number of benzene rings is 7. The summed E-state index contributed by atoms with van der Waals surface area (Å²) in [5, 5.41) is 3.11. The zero-order chi connectivity index (χ0) is 33.4. The Balaban J connectivity index is 1.23. The van der Waals surface area contributed by atoms with Crippen molar-refractivity contribution in [3.05, 3.63) is 169 Å². The maximum absolute atomic E-state index is 6.27. The zero-order valence-corrected chi connectivity index (χ0v) is 27.8. The molecule has 7 aromatic carbocycles. The molecule has 0 atom stereocenters. The van der Waals surface area contributed by atoms with Crippen LogP contribution in [0.15, 0.2) is 162 Å². The van der Waals surface area contributed by atoms with Gasteiger partial charge >= 0.3 is 0 Å². The summed E-state index contributed by atoms with van der Waals surface area (Å²) in [4.78, 5) is 10.7. The Hall–Kier alpha value is -6.32. The first kappa shape index (κ1) is 28.7. The molecule has 2 heterocycles. The summed E-state index contributed by atoms with van der Waals surface area (Å²) < 4.78 is 6.27. The van der Waals surface area contributed by atoms with Gasteiger partial charge in [0.15, 0.2) is 5.82 Å². The second kappa shape index (κ2) is 10.8. The monoisotopic (exact) mass is 640 g/mol. The van der Waals surface area contributed by atoms with Crippen LogP contribution < -0.4 is 0 Å². The van der Waals surface area contributed by atoms with Gasteiger partial charge < -0.3 is 4.42 Å². The lowest BCUT2D eigenvalue weighted by atomic mass is 9.82. The first-order valence-electron chi connectivity index (χ1n) is 17.2. The Morgan fingerprint density at radius 3 is 2.06 bits per heavy atom. The molecule has 3 heteroatoms. The summed E-state index contributed by atoms with van der Waals surface area (Å²) in [6.45, 7) is 4.66. The predicted octanol–water partition coefficient (Wildman–Crippen LogP) is 12.5. The van der Waals surface area contributed by atoms with E-state index in [0.717, 1.165) is 60.8 Å². The van der Waals surface area contributed by atoms with Gasteiger partial charge in [0.05, 0.1) is 11.2 Å². The molecule has 9 aromatic rings. The zero-order valence-electron chi connectivity index (χ0n) is 27.8. The molecule has 1 aliphatic rings. The second-order valence-electron chi connectivity index (χ2n) is 13.8. The molecule has 0 saturated heterocycles. The molecule has 0 saturated carbocycles. The molecule has 2 aromatic heterocycles. The minimum atomic E-state index is -0.0713. The van der Waals surface area contributed by atoms with Crippen molar-refractivity contribution in [2.24, 2.45) is 0 Å². The Bertz CT molecular complexity index is 2790. The Labute approximate surface area is 290 Å². The van der Waals surface area contributed by atoms with Crippen LogP contribution >= 0.6 is 0 Å². The number of furan rings is 1. The number of nitrogens with zero attached hydrogens (tertiary/aromatic N) is 2. The van der Waals surface area contributed by atoms with E-state index in [4.69, 9.17) is 14.4 Å². The third-order valence-corrected chi connectivity index (χ3v) is 10.5. The molecule has 0 radical (unpaired) electrons. The van der Waals surface area contributed by atoms with Crippen LogP contribution in [0.5, 0.6) is 0 Å². The highest BCUT2D eigenvalue weighted by atomic mass is 16.3. The fourth-order valence-corrected chi connectivity index (χ4v) is 8.07. The highest BCUT2D eigenvalue weighted by Gasteiger charge is 2.36. The normalized spacial score (nSPS) is 13.2. The average Bonchev–Trinajstić information content (AvgIpc) is 3.67. The van der Waals surface area contributed by atoms with Gasteiger partial charge in [0.25, 0.3) is 0 Å². The van der Waals surface area contributed by atoms with Gasteiger partial charge in [-0.15, -0.1) is 0 Å². The number of hydrogen-bond donors (Lipinski definition) is 0. The smallest absolute Gasteiger partial charge is 0.161 e. The number of para-hydroxylation sites is 1.